The van der Waals surface area contributed by atoms with Gasteiger partial charge in [-0.15, -0.1) is 0 Å². The van der Waals surface area contributed by atoms with Crippen LogP contribution in [0, 0.1) is 0 Å². The Morgan fingerprint density at radius 3 is 2.42 bits per heavy atom. The summed E-state index contributed by atoms with van der Waals surface area (Å²) in [6.45, 7) is 4.85. The van der Waals surface area contributed by atoms with E-state index in [0.717, 1.165) is 24.2 Å². The molecule has 1 aromatic carbocycles. The van der Waals surface area contributed by atoms with Crippen LogP contribution < -0.4 is 10.1 Å². The van der Waals surface area contributed by atoms with Gasteiger partial charge < -0.3 is 10.1 Å². The molecule has 1 saturated heterocycles. The summed E-state index contributed by atoms with van der Waals surface area (Å²) in [7, 11) is -1.39. The summed E-state index contributed by atoms with van der Waals surface area (Å²) >= 11 is 0. The van der Waals surface area contributed by atoms with E-state index in [-0.39, 0.29) is 36.0 Å². The normalized spacial score (nSPS) is 19.0. The van der Waals surface area contributed by atoms with Crippen molar-refractivity contribution in [3.05, 3.63) is 29.8 Å². The highest BCUT2D eigenvalue weighted by Gasteiger charge is 2.33. The summed E-state index contributed by atoms with van der Waals surface area (Å²) in [4.78, 5) is 14.5. The summed E-state index contributed by atoms with van der Waals surface area (Å²) in [6.07, 6.45) is 2.35. The minimum absolute atomic E-state index is 0.0449. The van der Waals surface area contributed by atoms with E-state index in [0.29, 0.717) is 13.0 Å². The predicted molar refractivity (Wildman–Crippen MR) is 103 cm³/mol. The smallest absolute Gasteiger partial charge is 0.234 e. The largest absolute Gasteiger partial charge is 0.497 e. The molecule has 6 nitrogen and oxygen atoms in total. The maximum atomic E-state index is 12.5. The lowest BCUT2D eigenvalue weighted by molar-refractivity contribution is -0.123. The van der Waals surface area contributed by atoms with E-state index in [9.17, 15) is 13.2 Å². The van der Waals surface area contributed by atoms with Crippen molar-refractivity contribution in [2.45, 2.75) is 51.7 Å². The van der Waals surface area contributed by atoms with Crippen LogP contribution in [0.25, 0.3) is 0 Å². The van der Waals surface area contributed by atoms with Gasteiger partial charge in [0.1, 0.15) is 5.75 Å². The number of carbonyl (C=O) groups excluding carboxylic acids is 1. The number of nitrogens with zero attached hydrogens (tertiary/aromatic N) is 1. The number of amides is 1. The lowest BCUT2D eigenvalue weighted by Crippen LogP contribution is -2.45. The third-order valence-electron chi connectivity index (χ3n) is 4.97. The second-order valence-corrected chi connectivity index (χ2v) is 9.12. The fourth-order valence-electron chi connectivity index (χ4n) is 3.29. The van der Waals surface area contributed by atoms with Gasteiger partial charge in [0.25, 0.3) is 0 Å². The number of nitrogens with one attached hydrogen (secondary N) is 1. The molecule has 26 heavy (non-hydrogen) atoms. The van der Waals surface area contributed by atoms with Crippen molar-refractivity contribution in [1.82, 2.24) is 10.2 Å². The summed E-state index contributed by atoms with van der Waals surface area (Å²) in [5.41, 5.74) is 1.03. The van der Waals surface area contributed by atoms with E-state index < -0.39 is 9.84 Å². The SMILES string of the molecule is CCC(CC)NC(=O)CN(Cc1ccc(OC)cc1)[C@@H]1CCS(=O)(=O)C1. The minimum atomic E-state index is -3.00. The number of rotatable bonds is 9. The van der Waals surface area contributed by atoms with Crippen LogP contribution in [0.1, 0.15) is 38.7 Å². The molecule has 0 spiro atoms. The van der Waals surface area contributed by atoms with E-state index in [2.05, 4.69) is 5.32 Å². The van der Waals surface area contributed by atoms with Crippen molar-refractivity contribution in [3.8, 4) is 5.75 Å². The Morgan fingerprint density at radius 2 is 1.92 bits per heavy atom. The van der Waals surface area contributed by atoms with Crippen molar-refractivity contribution >= 4 is 15.7 Å². The summed E-state index contributed by atoms with van der Waals surface area (Å²) < 4.78 is 29.0. The molecule has 1 heterocycles. The lowest BCUT2D eigenvalue weighted by atomic mass is 10.1. The second kappa shape index (κ2) is 9.37. The molecule has 1 aliphatic heterocycles. The fraction of sp³-hybridized carbons (Fsp3) is 0.632. The highest BCUT2D eigenvalue weighted by atomic mass is 32.2. The molecule has 0 unspecified atom stereocenters. The number of hydrogen-bond donors (Lipinski definition) is 1. The second-order valence-electron chi connectivity index (χ2n) is 6.89. The lowest BCUT2D eigenvalue weighted by Gasteiger charge is -2.28. The van der Waals surface area contributed by atoms with Crippen LogP contribution in [-0.2, 0) is 21.2 Å². The molecule has 2 rings (SSSR count). The van der Waals surface area contributed by atoms with Gasteiger partial charge in [0, 0.05) is 18.6 Å². The molecule has 0 radical (unpaired) electrons. The number of hydrogen-bond acceptors (Lipinski definition) is 5. The average Bonchev–Trinajstić information content (AvgIpc) is 2.99. The van der Waals surface area contributed by atoms with Gasteiger partial charge in [0.2, 0.25) is 5.91 Å². The van der Waals surface area contributed by atoms with Gasteiger partial charge in [-0.2, -0.15) is 0 Å². The molecule has 1 N–H and O–H groups in total. The van der Waals surface area contributed by atoms with Crippen molar-refractivity contribution in [2.75, 3.05) is 25.2 Å². The summed E-state index contributed by atoms with van der Waals surface area (Å²) in [5.74, 6) is 1.05. The number of methoxy groups -OCH3 is 1. The van der Waals surface area contributed by atoms with Crippen molar-refractivity contribution in [2.24, 2.45) is 0 Å². The fourth-order valence-corrected chi connectivity index (χ4v) is 5.06. The number of benzene rings is 1. The van der Waals surface area contributed by atoms with E-state index in [1.54, 1.807) is 7.11 Å². The van der Waals surface area contributed by atoms with Gasteiger partial charge in [-0.3, -0.25) is 9.69 Å². The van der Waals surface area contributed by atoms with E-state index >= 15 is 0 Å². The maximum Gasteiger partial charge on any atom is 0.234 e. The molecule has 7 heteroatoms. The minimum Gasteiger partial charge on any atom is -0.497 e. The number of carbonyl (C=O) groups is 1. The van der Waals surface area contributed by atoms with Crippen molar-refractivity contribution < 1.29 is 17.9 Å². The zero-order valence-electron chi connectivity index (χ0n) is 15.9. The summed E-state index contributed by atoms with van der Waals surface area (Å²) in [6, 6.07) is 7.71. The monoisotopic (exact) mass is 382 g/mol. The Hall–Kier alpha value is -1.60. The Kier molecular flexibility index (Phi) is 7.46. The van der Waals surface area contributed by atoms with Gasteiger partial charge >= 0.3 is 0 Å². The Bertz CT molecular complexity index is 684. The van der Waals surface area contributed by atoms with Gasteiger partial charge in [0.05, 0.1) is 25.2 Å². The van der Waals surface area contributed by atoms with Gasteiger partial charge in [-0.1, -0.05) is 26.0 Å². The average molecular weight is 383 g/mol. The van der Waals surface area contributed by atoms with E-state index in [1.807, 2.05) is 43.0 Å². The molecule has 1 amide bonds. The first-order valence-electron chi connectivity index (χ1n) is 9.23. The molecular weight excluding hydrogens is 352 g/mol. The molecule has 1 aliphatic rings. The van der Waals surface area contributed by atoms with Crippen LogP contribution in [0.4, 0.5) is 0 Å². The Labute approximate surface area is 156 Å². The standard InChI is InChI=1S/C19H30N2O4S/c1-4-16(5-2)20-19(22)13-21(17-10-11-26(23,24)14-17)12-15-6-8-18(25-3)9-7-15/h6-9,16-17H,4-5,10-14H2,1-3H3,(H,20,22)/t17-/m1/s1. The quantitative estimate of drug-likeness (QED) is 0.707. The van der Waals surface area contributed by atoms with E-state index in [1.165, 1.54) is 0 Å². The zero-order valence-corrected chi connectivity index (χ0v) is 16.7. The first-order valence-corrected chi connectivity index (χ1v) is 11.1. The maximum absolute atomic E-state index is 12.5. The van der Waals surface area contributed by atoms with Crippen LogP contribution in [0.3, 0.4) is 0 Å². The molecule has 146 valence electrons. The molecule has 0 saturated carbocycles. The third kappa shape index (κ3) is 5.99. The van der Waals surface area contributed by atoms with Crippen LogP contribution in [0.5, 0.6) is 5.75 Å². The molecular formula is C19H30N2O4S. The zero-order chi connectivity index (χ0) is 19.2. The first kappa shape index (κ1) is 20.7. The van der Waals surface area contributed by atoms with Gasteiger partial charge in [-0.25, -0.2) is 8.42 Å². The van der Waals surface area contributed by atoms with Crippen LogP contribution in [-0.4, -0.2) is 56.5 Å². The molecule has 1 aromatic rings. The van der Waals surface area contributed by atoms with Crippen LogP contribution >= 0.6 is 0 Å². The Morgan fingerprint density at radius 1 is 1.27 bits per heavy atom. The molecule has 1 atom stereocenters. The molecule has 0 bridgehead atoms. The van der Waals surface area contributed by atoms with Crippen LogP contribution in [0.15, 0.2) is 24.3 Å². The van der Waals surface area contributed by atoms with Crippen molar-refractivity contribution in [3.63, 3.8) is 0 Å². The highest BCUT2D eigenvalue weighted by molar-refractivity contribution is 7.91. The molecule has 0 aliphatic carbocycles. The molecule has 0 aromatic heterocycles. The summed E-state index contributed by atoms with van der Waals surface area (Å²) in [5, 5.41) is 3.05. The van der Waals surface area contributed by atoms with Gasteiger partial charge in [0.15, 0.2) is 9.84 Å². The third-order valence-corrected chi connectivity index (χ3v) is 6.72. The van der Waals surface area contributed by atoms with E-state index in [4.69, 9.17) is 4.74 Å². The van der Waals surface area contributed by atoms with Crippen molar-refractivity contribution in [1.29, 1.82) is 0 Å². The first-order chi connectivity index (χ1) is 12.4. The predicted octanol–water partition coefficient (Wildman–Crippen LogP) is 1.99. The number of sulfone groups is 1. The topological polar surface area (TPSA) is 75.7 Å². The Balaban J connectivity index is 2.09. The van der Waals surface area contributed by atoms with Gasteiger partial charge in [-0.05, 0) is 37.0 Å². The molecule has 1 fully saturated rings. The number of ether oxygens (including phenoxy) is 1. The highest BCUT2D eigenvalue weighted by Crippen LogP contribution is 2.21. The van der Waals surface area contributed by atoms with Crippen LogP contribution in [0.2, 0.25) is 0 Å².